The Kier molecular flexibility index (Phi) is 5.74. The molecule has 108 valence electrons. The molecule has 0 aromatic heterocycles. The van der Waals surface area contributed by atoms with Crippen molar-refractivity contribution in [2.75, 3.05) is 14.2 Å². The number of benzene rings is 1. The maximum Gasteiger partial charge on any atom is 0.363 e. The molecule has 0 N–H and O–H groups in total. The molecule has 0 saturated heterocycles. The van der Waals surface area contributed by atoms with E-state index in [1.807, 2.05) is 0 Å². The van der Waals surface area contributed by atoms with Gasteiger partial charge in [0.15, 0.2) is 5.85 Å². The molecule has 1 rings (SSSR count). The van der Waals surface area contributed by atoms with Gasteiger partial charge in [-0.1, -0.05) is 23.7 Å². The Bertz CT molecular complexity index is 504. The number of phosphoric ester groups is 1. The summed E-state index contributed by atoms with van der Waals surface area (Å²) in [6.07, 6.45) is 0. The van der Waals surface area contributed by atoms with Crippen LogP contribution in [0.2, 0.25) is 5.02 Å². The largest absolute Gasteiger partial charge is 0.790 e. The Labute approximate surface area is 115 Å². The van der Waals surface area contributed by atoms with Gasteiger partial charge in [-0.3, -0.25) is 4.57 Å². The van der Waals surface area contributed by atoms with E-state index >= 15 is 0 Å². The zero-order valence-corrected chi connectivity index (χ0v) is 12.6. The van der Waals surface area contributed by atoms with E-state index in [4.69, 9.17) is 11.6 Å². The maximum absolute atomic E-state index is 12.2. The Balaban J connectivity index is 3.23. The summed E-state index contributed by atoms with van der Waals surface area (Å²) in [7, 11) is -7.24. The molecule has 1 aromatic carbocycles. The normalized spacial score (nSPS) is 14.4. The number of rotatable bonds is 6. The van der Waals surface area contributed by atoms with Crippen molar-refractivity contribution in [2.45, 2.75) is 5.85 Å². The first-order valence-electron chi connectivity index (χ1n) is 4.89. The zero-order chi connectivity index (χ0) is 14.7. The second-order valence-electron chi connectivity index (χ2n) is 3.36. The molecule has 0 aliphatic rings. The van der Waals surface area contributed by atoms with Gasteiger partial charge in [-0.15, -0.1) is 0 Å². The van der Waals surface area contributed by atoms with Gasteiger partial charge in [-0.2, -0.15) is 0 Å². The molecule has 0 amide bonds. The van der Waals surface area contributed by atoms with Crippen molar-refractivity contribution in [2.24, 2.45) is 0 Å². The molecule has 0 fully saturated rings. The molecule has 0 radical (unpaired) electrons. The average molecular weight is 329 g/mol. The van der Waals surface area contributed by atoms with Crippen LogP contribution in [0.4, 0.5) is 0 Å². The van der Waals surface area contributed by atoms with Crippen LogP contribution in [-0.2, 0) is 22.7 Å². The summed E-state index contributed by atoms with van der Waals surface area (Å²) in [6.45, 7) is 0. The molecule has 7 nitrogen and oxygen atoms in total. The van der Waals surface area contributed by atoms with Gasteiger partial charge in [-0.25, -0.2) is 0 Å². The van der Waals surface area contributed by atoms with Crippen molar-refractivity contribution in [3.05, 3.63) is 34.9 Å². The van der Waals surface area contributed by atoms with E-state index in [9.17, 15) is 18.9 Å². The van der Waals surface area contributed by atoms with E-state index in [0.29, 0.717) is 5.02 Å². The first kappa shape index (κ1) is 16.8. The van der Waals surface area contributed by atoms with E-state index in [2.05, 4.69) is 13.6 Å². The summed E-state index contributed by atoms with van der Waals surface area (Å²) in [5.74, 6) is -1.68. The van der Waals surface area contributed by atoms with Gasteiger partial charge in [0, 0.05) is 19.2 Å². The minimum atomic E-state index is -5.39. The molecule has 0 spiro atoms. The Morgan fingerprint density at radius 3 is 1.95 bits per heavy atom. The van der Waals surface area contributed by atoms with Gasteiger partial charge in [0.1, 0.15) is 0 Å². The second kappa shape index (κ2) is 6.48. The third-order valence-electron chi connectivity index (χ3n) is 2.18. The number of halogens is 1. The minimum Gasteiger partial charge on any atom is -0.790 e. The van der Waals surface area contributed by atoms with Gasteiger partial charge in [-0.05, 0) is 17.7 Å². The molecular weight excluding hydrogens is 317 g/mol. The predicted molar refractivity (Wildman–Crippen MR) is 64.5 cm³/mol. The number of hydrogen-bond acceptors (Lipinski definition) is 7. The van der Waals surface area contributed by atoms with Crippen LogP contribution in [0, 0.1) is 0 Å². The van der Waals surface area contributed by atoms with E-state index in [1.54, 1.807) is 0 Å². The van der Waals surface area contributed by atoms with E-state index in [1.165, 1.54) is 24.3 Å². The molecular formula is C9H11ClO7P2-2. The van der Waals surface area contributed by atoms with Crippen LogP contribution in [0.15, 0.2) is 24.3 Å². The molecule has 1 unspecified atom stereocenters. The fraction of sp³-hybridized carbons (Fsp3) is 0.333. The number of hydrogen-bond donors (Lipinski definition) is 0. The SMILES string of the molecule is COP(=O)(OC)C(OP(=O)([O-])[O-])c1ccc(Cl)cc1. The summed E-state index contributed by atoms with van der Waals surface area (Å²) in [4.78, 5) is 21.5. The van der Waals surface area contributed by atoms with Crippen LogP contribution in [-0.4, -0.2) is 14.2 Å². The van der Waals surface area contributed by atoms with Crippen LogP contribution in [0.5, 0.6) is 0 Å². The average Bonchev–Trinajstić information content (AvgIpc) is 2.35. The third-order valence-corrected chi connectivity index (χ3v) is 5.06. The van der Waals surface area contributed by atoms with Crippen molar-refractivity contribution in [3.63, 3.8) is 0 Å². The molecule has 1 aromatic rings. The van der Waals surface area contributed by atoms with Crippen LogP contribution >= 0.6 is 27.0 Å². The minimum absolute atomic E-state index is 0.128. The van der Waals surface area contributed by atoms with E-state index < -0.39 is 21.3 Å². The van der Waals surface area contributed by atoms with Crippen molar-refractivity contribution in [1.82, 2.24) is 0 Å². The Morgan fingerprint density at radius 1 is 1.11 bits per heavy atom. The smallest absolute Gasteiger partial charge is 0.363 e. The van der Waals surface area contributed by atoms with Gasteiger partial charge in [0.25, 0.3) is 0 Å². The molecule has 0 aliphatic heterocycles. The van der Waals surface area contributed by atoms with Crippen molar-refractivity contribution >= 4 is 27.0 Å². The first-order chi connectivity index (χ1) is 8.72. The fourth-order valence-electron chi connectivity index (χ4n) is 1.32. The van der Waals surface area contributed by atoms with Gasteiger partial charge < -0.3 is 27.9 Å². The third kappa shape index (κ3) is 4.67. The lowest BCUT2D eigenvalue weighted by atomic mass is 10.2. The predicted octanol–water partition coefficient (Wildman–Crippen LogP) is 1.67. The molecule has 0 saturated carbocycles. The summed E-state index contributed by atoms with van der Waals surface area (Å²) < 4.78 is 36.6. The first-order valence-corrected chi connectivity index (χ1v) is 8.34. The van der Waals surface area contributed by atoms with Crippen LogP contribution in [0.1, 0.15) is 11.4 Å². The molecule has 1 atom stereocenters. The van der Waals surface area contributed by atoms with Crippen molar-refractivity contribution in [3.8, 4) is 0 Å². The molecule has 0 heterocycles. The lowest BCUT2D eigenvalue weighted by Gasteiger charge is -2.35. The fourth-order valence-corrected chi connectivity index (χ4v) is 3.69. The molecule has 10 heteroatoms. The van der Waals surface area contributed by atoms with Gasteiger partial charge in [0.05, 0.1) is 7.82 Å². The maximum atomic E-state index is 12.2. The summed E-state index contributed by atoms with van der Waals surface area (Å²) in [6, 6.07) is 5.55. The lowest BCUT2D eigenvalue weighted by molar-refractivity contribution is -0.343. The monoisotopic (exact) mass is 328 g/mol. The molecule has 0 bridgehead atoms. The second-order valence-corrected chi connectivity index (χ2v) is 7.18. The van der Waals surface area contributed by atoms with Gasteiger partial charge >= 0.3 is 7.60 Å². The highest BCUT2D eigenvalue weighted by Gasteiger charge is 2.37. The lowest BCUT2D eigenvalue weighted by Crippen LogP contribution is -2.19. The summed E-state index contributed by atoms with van der Waals surface area (Å²) >= 11 is 5.68. The van der Waals surface area contributed by atoms with E-state index in [-0.39, 0.29) is 5.56 Å². The topological polar surface area (TPSA) is 108 Å². The summed E-state index contributed by atoms with van der Waals surface area (Å²) in [5, 5.41) is 0.375. The highest BCUT2D eigenvalue weighted by molar-refractivity contribution is 7.54. The highest BCUT2D eigenvalue weighted by Crippen LogP contribution is 2.63. The molecule has 19 heavy (non-hydrogen) atoms. The number of phosphoric acid groups is 1. The Morgan fingerprint density at radius 2 is 1.58 bits per heavy atom. The van der Waals surface area contributed by atoms with Crippen LogP contribution in [0.3, 0.4) is 0 Å². The standard InChI is InChI=1S/C9H13ClO7P2/c1-15-18(11,16-2)9(17-19(12,13)14)7-3-5-8(10)6-4-7/h3-6,9H,1-2H3,(H2,12,13,14)/p-2. The van der Waals surface area contributed by atoms with E-state index in [0.717, 1.165) is 14.2 Å². The van der Waals surface area contributed by atoms with Crippen LogP contribution in [0.25, 0.3) is 0 Å². The van der Waals surface area contributed by atoms with Crippen molar-refractivity contribution in [1.29, 1.82) is 0 Å². The molecule has 0 aliphatic carbocycles. The van der Waals surface area contributed by atoms with Crippen LogP contribution < -0.4 is 9.79 Å². The highest BCUT2D eigenvalue weighted by atomic mass is 35.5. The summed E-state index contributed by atoms with van der Waals surface area (Å²) in [5.41, 5.74) is 0.128. The van der Waals surface area contributed by atoms with Gasteiger partial charge in [0.2, 0.25) is 0 Å². The Hall–Kier alpha value is -0.230. The zero-order valence-electron chi connectivity index (χ0n) is 10.0. The van der Waals surface area contributed by atoms with Crippen molar-refractivity contribution < 1.29 is 32.5 Å². The quantitative estimate of drug-likeness (QED) is 0.731.